The molecule has 1 aromatic heterocycles. The van der Waals surface area contributed by atoms with Gasteiger partial charge in [0.15, 0.2) is 0 Å². The van der Waals surface area contributed by atoms with Gasteiger partial charge in [-0.05, 0) is 23.8 Å². The Morgan fingerprint density at radius 3 is 2.11 bits per heavy atom. The van der Waals surface area contributed by atoms with Gasteiger partial charge >= 0.3 is 0 Å². The molecule has 2 aromatic rings. The van der Waals surface area contributed by atoms with Gasteiger partial charge in [0.1, 0.15) is 11.9 Å². The van der Waals surface area contributed by atoms with Gasteiger partial charge in [0.05, 0.1) is 13.2 Å². The van der Waals surface area contributed by atoms with E-state index >= 15 is 0 Å². The lowest BCUT2D eigenvalue weighted by atomic mass is 10.1. The van der Waals surface area contributed by atoms with E-state index in [-0.39, 0.29) is 19.0 Å². The highest BCUT2D eigenvalue weighted by atomic mass is 16.5. The van der Waals surface area contributed by atoms with E-state index in [4.69, 9.17) is 14.9 Å². The van der Waals surface area contributed by atoms with Crippen LogP contribution in [0.3, 0.4) is 0 Å². The third kappa shape index (κ3) is 3.43. The Kier molecular flexibility index (Phi) is 4.33. The van der Waals surface area contributed by atoms with Crippen LogP contribution in [0.2, 0.25) is 0 Å². The zero-order valence-corrected chi connectivity index (χ0v) is 10.2. The smallest absolute Gasteiger partial charge is 0.213 e. The normalized spacial score (nSPS) is 10.7. The molecule has 0 radical (unpaired) electrons. The molecule has 100 valence electrons. The number of hydrogen-bond acceptors (Lipinski definition) is 5. The molecule has 3 N–H and O–H groups in total. The van der Waals surface area contributed by atoms with Crippen molar-refractivity contribution in [3.8, 4) is 22.8 Å². The number of aromatic nitrogens is 1. The molecule has 0 aliphatic carbocycles. The number of phenolic OH excluding ortho intramolecular Hbond substituents is 1. The third-order valence-electron chi connectivity index (χ3n) is 2.63. The van der Waals surface area contributed by atoms with Crippen molar-refractivity contribution >= 4 is 0 Å². The van der Waals surface area contributed by atoms with E-state index in [9.17, 15) is 5.11 Å². The molecular weight excluding hydrogens is 246 g/mol. The van der Waals surface area contributed by atoms with Crippen LogP contribution in [0.5, 0.6) is 11.6 Å². The van der Waals surface area contributed by atoms with E-state index in [0.717, 1.165) is 11.1 Å². The number of hydrogen-bond donors (Lipinski definition) is 3. The molecule has 1 heterocycles. The minimum Gasteiger partial charge on any atom is -0.508 e. The van der Waals surface area contributed by atoms with Crippen LogP contribution in [0.1, 0.15) is 0 Å². The lowest BCUT2D eigenvalue weighted by Gasteiger charge is -2.13. The van der Waals surface area contributed by atoms with Gasteiger partial charge in [-0.3, -0.25) is 0 Å². The molecule has 19 heavy (non-hydrogen) atoms. The standard InChI is InChI=1S/C14H15NO4/c16-8-13(9-17)19-14-6-3-11(7-15-14)10-1-4-12(18)5-2-10/h1-7,13,16-18H,8-9H2. The van der Waals surface area contributed by atoms with Crippen LogP contribution in [-0.4, -0.2) is 39.6 Å². The molecule has 0 saturated heterocycles. The van der Waals surface area contributed by atoms with Gasteiger partial charge in [0.25, 0.3) is 0 Å². The number of aliphatic hydroxyl groups is 2. The van der Waals surface area contributed by atoms with Crippen molar-refractivity contribution in [1.82, 2.24) is 4.98 Å². The van der Waals surface area contributed by atoms with Crippen molar-refractivity contribution in [2.75, 3.05) is 13.2 Å². The number of aliphatic hydroxyl groups excluding tert-OH is 2. The summed E-state index contributed by atoms with van der Waals surface area (Å²) in [5.41, 5.74) is 1.81. The maximum Gasteiger partial charge on any atom is 0.213 e. The second-order valence-corrected chi connectivity index (χ2v) is 4.04. The maximum atomic E-state index is 9.22. The van der Waals surface area contributed by atoms with E-state index in [1.807, 2.05) is 6.07 Å². The molecule has 5 nitrogen and oxygen atoms in total. The second-order valence-electron chi connectivity index (χ2n) is 4.04. The van der Waals surface area contributed by atoms with Crippen molar-refractivity contribution in [2.45, 2.75) is 6.10 Å². The van der Waals surface area contributed by atoms with Gasteiger partial charge in [-0.25, -0.2) is 4.98 Å². The van der Waals surface area contributed by atoms with E-state index in [0.29, 0.717) is 5.88 Å². The lowest BCUT2D eigenvalue weighted by Crippen LogP contribution is -2.25. The van der Waals surface area contributed by atoms with Crippen LogP contribution >= 0.6 is 0 Å². The number of benzene rings is 1. The summed E-state index contributed by atoms with van der Waals surface area (Å²) in [7, 11) is 0. The summed E-state index contributed by atoms with van der Waals surface area (Å²) >= 11 is 0. The van der Waals surface area contributed by atoms with Crippen LogP contribution in [0.15, 0.2) is 42.6 Å². The van der Waals surface area contributed by atoms with Crippen LogP contribution in [-0.2, 0) is 0 Å². The van der Waals surface area contributed by atoms with Gasteiger partial charge in [0.2, 0.25) is 5.88 Å². The Morgan fingerprint density at radius 1 is 0.947 bits per heavy atom. The predicted octanol–water partition coefficient (Wildman–Crippen LogP) is 1.19. The minimum absolute atomic E-state index is 0.213. The summed E-state index contributed by atoms with van der Waals surface area (Å²) in [6.07, 6.45) is 0.972. The number of nitrogens with zero attached hydrogens (tertiary/aromatic N) is 1. The van der Waals surface area contributed by atoms with Crippen molar-refractivity contribution in [3.05, 3.63) is 42.6 Å². The van der Waals surface area contributed by atoms with Crippen molar-refractivity contribution in [2.24, 2.45) is 0 Å². The maximum absolute atomic E-state index is 9.22. The van der Waals surface area contributed by atoms with E-state index in [1.54, 1.807) is 36.5 Å². The Morgan fingerprint density at radius 2 is 1.58 bits per heavy atom. The molecule has 2 rings (SSSR count). The highest BCUT2D eigenvalue weighted by Gasteiger charge is 2.08. The fourth-order valence-corrected chi connectivity index (χ4v) is 1.58. The minimum atomic E-state index is -0.660. The molecule has 0 aliphatic rings. The molecule has 0 amide bonds. The van der Waals surface area contributed by atoms with E-state index in [1.165, 1.54) is 0 Å². The zero-order valence-electron chi connectivity index (χ0n) is 10.2. The first-order valence-corrected chi connectivity index (χ1v) is 5.86. The molecule has 0 bridgehead atoms. The Hall–Kier alpha value is -2.11. The summed E-state index contributed by atoms with van der Waals surface area (Å²) < 4.78 is 5.27. The number of rotatable bonds is 5. The predicted molar refractivity (Wildman–Crippen MR) is 69.9 cm³/mol. The molecular formula is C14H15NO4. The SMILES string of the molecule is OCC(CO)Oc1ccc(-c2ccc(O)cc2)cn1. The van der Waals surface area contributed by atoms with Crippen LogP contribution < -0.4 is 4.74 Å². The van der Waals surface area contributed by atoms with Crippen molar-refractivity contribution in [3.63, 3.8) is 0 Å². The molecule has 1 aromatic carbocycles. The molecule has 0 atom stereocenters. The number of aromatic hydroxyl groups is 1. The summed E-state index contributed by atoms with van der Waals surface area (Å²) in [5, 5.41) is 27.0. The van der Waals surface area contributed by atoms with Crippen LogP contribution in [0.4, 0.5) is 0 Å². The molecule has 0 spiro atoms. The van der Waals surface area contributed by atoms with Gasteiger partial charge in [0, 0.05) is 17.8 Å². The summed E-state index contributed by atoms with van der Waals surface area (Å²) in [6.45, 7) is -0.532. The first-order chi connectivity index (χ1) is 9.22. The highest BCUT2D eigenvalue weighted by molar-refractivity contribution is 5.63. The first kappa shape index (κ1) is 13.3. The van der Waals surface area contributed by atoms with Gasteiger partial charge in [-0.2, -0.15) is 0 Å². The Bertz CT molecular complexity index is 506. The van der Waals surface area contributed by atoms with E-state index in [2.05, 4.69) is 4.98 Å². The topological polar surface area (TPSA) is 82.8 Å². The Balaban J connectivity index is 2.12. The van der Waals surface area contributed by atoms with E-state index < -0.39 is 6.10 Å². The number of phenols is 1. The van der Waals surface area contributed by atoms with Crippen LogP contribution in [0, 0.1) is 0 Å². The first-order valence-electron chi connectivity index (χ1n) is 5.86. The molecule has 0 unspecified atom stereocenters. The molecule has 0 aliphatic heterocycles. The monoisotopic (exact) mass is 261 g/mol. The van der Waals surface area contributed by atoms with Gasteiger partial charge < -0.3 is 20.1 Å². The summed E-state index contributed by atoms with van der Waals surface area (Å²) in [5.74, 6) is 0.557. The summed E-state index contributed by atoms with van der Waals surface area (Å²) in [6, 6.07) is 10.3. The molecule has 0 saturated carbocycles. The largest absolute Gasteiger partial charge is 0.508 e. The second kappa shape index (κ2) is 6.17. The summed E-state index contributed by atoms with van der Waals surface area (Å²) in [4.78, 5) is 4.11. The average Bonchev–Trinajstić information content (AvgIpc) is 2.46. The molecule has 5 heteroatoms. The number of pyridine rings is 1. The fraction of sp³-hybridized carbons (Fsp3) is 0.214. The highest BCUT2D eigenvalue weighted by Crippen LogP contribution is 2.22. The zero-order chi connectivity index (χ0) is 13.7. The third-order valence-corrected chi connectivity index (χ3v) is 2.63. The van der Waals surface area contributed by atoms with Gasteiger partial charge in [-0.15, -0.1) is 0 Å². The average molecular weight is 261 g/mol. The Labute approximate surface area is 110 Å². The van der Waals surface area contributed by atoms with Crippen LogP contribution in [0.25, 0.3) is 11.1 Å². The van der Waals surface area contributed by atoms with Crippen molar-refractivity contribution in [1.29, 1.82) is 0 Å². The lowest BCUT2D eigenvalue weighted by molar-refractivity contribution is 0.0597. The quantitative estimate of drug-likeness (QED) is 0.753. The fourth-order valence-electron chi connectivity index (χ4n) is 1.58. The van der Waals surface area contributed by atoms with Crippen molar-refractivity contribution < 1.29 is 20.1 Å². The number of ether oxygens (including phenoxy) is 1. The molecule has 0 fully saturated rings. The van der Waals surface area contributed by atoms with Gasteiger partial charge in [-0.1, -0.05) is 12.1 Å².